The summed E-state index contributed by atoms with van der Waals surface area (Å²) in [6.45, 7) is 4.36. The molecular formula is C14H19FN2O2. The van der Waals surface area contributed by atoms with Gasteiger partial charge in [0.15, 0.2) is 11.5 Å². The third kappa shape index (κ3) is 2.67. The van der Waals surface area contributed by atoms with Gasteiger partial charge in [-0.05, 0) is 17.7 Å². The first-order valence-corrected chi connectivity index (χ1v) is 6.79. The minimum absolute atomic E-state index is 0.182. The number of nitrogens with zero attached hydrogens (tertiary/aromatic N) is 1. The lowest BCUT2D eigenvalue weighted by atomic mass is 10.0. The van der Waals surface area contributed by atoms with E-state index in [1.807, 2.05) is 18.2 Å². The number of halogens is 1. The van der Waals surface area contributed by atoms with Crippen LogP contribution in [-0.2, 0) is 0 Å². The van der Waals surface area contributed by atoms with Gasteiger partial charge in [-0.1, -0.05) is 6.07 Å². The predicted octanol–water partition coefficient (Wildman–Crippen LogP) is 1.37. The van der Waals surface area contributed by atoms with Crippen LogP contribution in [0, 0.1) is 0 Å². The van der Waals surface area contributed by atoms with E-state index in [1.54, 1.807) is 0 Å². The maximum absolute atomic E-state index is 13.4. The molecule has 0 aromatic heterocycles. The molecule has 1 saturated heterocycles. The highest BCUT2D eigenvalue weighted by atomic mass is 19.1. The Hall–Kier alpha value is -1.33. The van der Waals surface area contributed by atoms with Gasteiger partial charge in [-0.3, -0.25) is 4.90 Å². The van der Waals surface area contributed by atoms with E-state index in [9.17, 15) is 4.39 Å². The topological polar surface area (TPSA) is 33.7 Å². The van der Waals surface area contributed by atoms with Gasteiger partial charge >= 0.3 is 0 Å². The number of rotatable bonds is 3. The highest BCUT2D eigenvalue weighted by molar-refractivity contribution is 5.44. The van der Waals surface area contributed by atoms with Crippen molar-refractivity contribution in [2.45, 2.75) is 6.04 Å². The molecule has 1 aromatic rings. The van der Waals surface area contributed by atoms with Gasteiger partial charge in [-0.25, -0.2) is 4.39 Å². The minimum Gasteiger partial charge on any atom is -0.486 e. The zero-order chi connectivity index (χ0) is 13.1. The Morgan fingerprint density at radius 3 is 2.63 bits per heavy atom. The van der Waals surface area contributed by atoms with E-state index in [2.05, 4.69) is 10.2 Å². The smallest absolute Gasteiger partial charge is 0.161 e. The first-order valence-electron chi connectivity index (χ1n) is 6.79. The van der Waals surface area contributed by atoms with Crippen LogP contribution < -0.4 is 14.8 Å². The third-order valence-electron chi connectivity index (χ3n) is 3.69. The van der Waals surface area contributed by atoms with Gasteiger partial charge in [0.1, 0.15) is 19.9 Å². The van der Waals surface area contributed by atoms with Crippen LogP contribution in [0.15, 0.2) is 18.2 Å². The molecule has 1 aromatic carbocycles. The standard InChI is InChI=1S/C14H19FN2O2/c15-10-12(17-5-3-16-4-6-17)11-1-2-13-14(9-11)19-8-7-18-13/h1-2,9,12,16H,3-8,10H2/t12-/m1/s1. The summed E-state index contributed by atoms with van der Waals surface area (Å²) in [5.74, 6) is 1.49. The highest BCUT2D eigenvalue weighted by Crippen LogP contribution is 2.34. The van der Waals surface area contributed by atoms with Crippen molar-refractivity contribution < 1.29 is 13.9 Å². The van der Waals surface area contributed by atoms with E-state index in [0.29, 0.717) is 13.2 Å². The summed E-state index contributed by atoms with van der Waals surface area (Å²) < 4.78 is 24.5. The Morgan fingerprint density at radius 2 is 1.89 bits per heavy atom. The van der Waals surface area contributed by atoms with Crippen molar-refractivity contribution in [2.75, 3.05) is 46.1 Å². The molecular weight excluding hydrogens is 247 g/mol. The number of piperazine rings is 1. The second-order valence-corrected chi connectivity index (χ2v) is 4.86. The molecule has 2 aliphatic rings. The number of ether oxygens (including phenoxy) is 2. The van der Waals surface area contributed by atoms with Crippen LogP contribution in [0.3, 0.4) is 0 Å². The Labute approximate surface area is 112 Å². The van der Waals surface area contributed by atoms with Crippen LogP contribution in [0.1, 0.15) is 11.6 Å². The Morgan fingerprint density at radius 1 is 1.16 bits per heavy atom. The lowest BCUT2D eigenvalue weighted by Gasteiger charge is -2.34. The number of alkyl halides is 1. The molecule has 0 unspecified atom stereocenters. The number of nitrogens with one attached hydrogen (secondary N) is 1. The SMILES string of the molecule is FC[C@H](c1ccc2c(c1)OCCO2)N1CCNCC1. The zero-order valence-corrected chi connectivity index (χ0v) is 10.9. The van der Waals surface area contributed by atoms with Crippen molar-refractivity contribution >= 4 is 0 Å². The fourth-order valence-electron chi connectivity index (χ4n) is 2.66. The molecule has 0 spiro atoms. The molecule has 104 valence electrons. The summed E-state index contributed by atoms with van der Waals surface area (Å²) in [5.41, 5.74) is 0.966. The maximum Gasteiger partial charge on any atom is 0.161 e. The van der Waals surface area contributed by atoms with Gasteiger partial charge in [-0.15, -0.1) is 0 Å². The molecule has 4 nitrogen and oxygen atoms in total. The molecule has 0 bridgehead atoms. The summed E-state index contributed by atoms with van der Waals surface area (Å²) in [6, 6.07) is 5.56. The molecule has 2 heterocycles. The molecule has 0 radical (unpaired) electrons. The van der Waals surface area contributed by atoms with E-state index in [0.717, 1.165) is 43.2 Å². The number of fused-ring (bicyclic) bond motifs is 1. The molecule has 19 heavy (non-hydrogen) atoms. The Bertz CT molecular complexity index is 435. The molecule has 1 fully saturated rings. The lowest BCUT2D eigenvalue weighted by Crippen LogP contribution is -2.45. The second-order valence-electron chi connectivity index (χ2n) is 4.86. The Balaban J connectivity index is 1.82. The van der Waals surface area contributed by atoms with Gasteiger partial charge in [0.05, 0.1) is 6.04 Å². The first kappa shape index (κ1) is 12.7. The number of hydrogen-bond donors (Lipinski definition) is 1. The summed E-state index contributed by atoms with van der Waals surface area (Å²) in [6.07, 6.45) is 0. The van der Waals surface area contributed by atoms with E-state index in [1.165, 1.54) is 0 Å². The van der Waals surface area contributed by atoms with Crippen molar-refractivity contribution in [1.29, 1.82) is 0 Å². The Kier molecular flexibility index (Phi) is 3.84. The van der Waals surface area contributed by atoms with Crippen molar-refractivity contribution in [3.8, 4) is 11.5 Å². The van der Waals surface area contributed by atoms with Crippen LogP contribution >= 0.6 is 0 Å². The van der Waals surface area contributed by atoms with Crippen molar-refractivity contribution in [1.82, 2.24) is 10.2 Å². The van der Waals surface area contributed by atoms with Gasteiger partial charge in [0, 0.05) is 26.2 Å². The zero-order valence-electron chi connectivity index (χ0n) is 10.9. The number of benzene rings is 1. The maximum atomic E-state index is 13.4. The van der Waals surface area contributed by atoms with Gasteiger partial charge in [0.25, 0.3) is 0 Å². The van der Waals surface area contributed by atoms with Crippen molar-refractivity contribution in [3.05, 3.63) is 23.8 Å². The van der Waals surface area contributed by atoms with Crippen LogP contribution in [0.4, 0.5) is 4.39 Å². The van der Waals surface area contributed by atoms with E-state index >= 15 is 0 Å². The average Bonchev–Trinajstić information content (AvgIpc) is 2.49. The van der Waals surface area contributed by atoms with Gasteiger partial charge in [0.2, 0.25) is 0 Å². The first-order chi connectivity index (χ1) is 9.38. The highest BCUT2D eigenvalue weighted by Gasteiger charge is 2.23. The fraction of sp³-hybridized carbons (Fsp3) is 0.571. The minimum atomic E-state index is -0.375. The lowest BCUT2D eigenvalue weighted by molar-refractivity contribution is 0.145. The molecule has 0 aliphatic carbocycles. The summed E-state index contributed by atoms with van der Waals surface area (Å²) >= 11 is 0. The van der Waals surface area contributed by atoms with Crippen LogP contribution in [0.2, 0.25) is 0 Å². The van der Waals surface area contributed by atoms with Crippen LogP contribution in [0.25, 0.3) is 0 Å². The summed E-state index contributed by atoms with van der Waals surface area (Å²) in [7, 11) is 0. The molecule has 5 heteroatoms. The van der Waals surface area contributed by atoms with Gasteiger partial charge < -0.3 is 14.8 Å². The second kappa shape index (κ2) is 5.75. The summed E-state index contributed by atoms with van der Waals surface area (Å²) in [4.78, 5) is 2.18. The predicted molar refractivity (Wildman–Crippen MR) is 70.6 cm³/mol. The average molecular weight is 266 g/mol. The monoisotopic (exact) mass is 266 g/mol. The summed E-state index contributed by atoms with van der Waals surface area (Å²) in [5, 5.41) is 3.29. The van der Waals surface area contributed by atoms with E-state index in [-0.39, 0.29) is 12.7 Å². The molecule has 2 aliphatic heterocycles. The van der Waals surface area contributed by atoms with Gasteiger partial charge in [-0.2, -0.15) is 0 Å². The third-order valence-corrected chi connectivity index (χ3v) is 3.69. The normalized spacial score (nSPS) is 21.1. The van der Waals surface area contributed by atoms with E-state index in [4.69, 9.17) is 9.47 Å². The van der Waals surface area contributed by atoms with Crippen molar-refractivity contribution in [2.24, 2.45) is 0 Å². The fourth-order valence-corrected chi connectivity index (χ4v) is 2.66. The quantitative estimate of drug-likeness (QED) is 0.896. The molecule has 0 saturated carbocycles. The van der Waals surface area contributed by atoms with Crippen molar-refractivity contribution in [3.63, 3.8) is 0 Å². The number of hydrogen-bond acceptors (Lipinski definition) is 4. The molecule has 3 rings (SSSR count). The largest absolute Gasteiger partial charge is 0.486 e. The molecule has 1 N–H and O–H groups in total. The molecule has 1 atom stereocenters. The van der Waals surface area contributed by atoms with Crippen LogP contribution in [0.5, 0.6) is 11.5 Å². The van der Waals surface area contributed by atoms with Crippen LogP contribution in [-0.4, -0.2) is 51.0 Å². The van der Waals surface area contributed by atoms with E-state index < -0.39 is 0 Å². The molecule has 0 amide bonds.